The highest BCUT2D eigenvalue weighted by atomic mass is 16.5. The zero-order valence-corrected chi connectivity index (χ0v) is 12.9. The quantitative estimate of drug-likeness (QED) is 0.829. The van der Waals surface area contributed by atoms with Gasteiger partial charge >= 0.3 is 0 Å². The van der Waals surface area contributed by atoms with Crippen molar-refractivity contribution in [3.63, 3.8) is 0 Å². The van der Waals surface area contributed by atoms with Gasteiger partial charge in [-0.05, 0) is 63.1 Å². The van der Waals surface area contributed by atoms with Crippen LogP contribution >= 0.6 is 0 Å². The van der Waals surface area contributed by atoms with E-state index in [0.29, 0.717) is 5.41 Å². The first-order valence-electron chi connectivity index (χ1n) is 8.25. The van der Waals surface area contributed by atoms with E-state index < -0.39 is 0 Å². The Morgan fingerprint density at radius 3 is 2.74 bits per heavy atom. The lowest BCUT2D eigenvalue weighted by Gasteiger charge is -2.41. The lowest BCUT2D eigenvalue weighted by Crippen LogP contribution is -2.47. The van der Waals surface area contributed by atoms with Crippen molar-refractivity contribution in [3.8, 4) is 0 Å². The smallest absolute Gasteiger partial charge is 0.0472 e. The summed E-state index contributed by atoms with van der Waals surface area (Å²) in [6.07, 6.45) is 6.64. The minimum atomic E-state index is 0.460. The predicted molar refractivity (Wildman–Crippen MR) is 80.5 cm³/mol. The van der Waals surface area contributed by atoms with Crippen LogP contribution in [0.3, 0.4) is 0 Å². The van der Waals surface area contributed by atoms with E-state index in [1.165, 1.54) is 58.3 Å². The number of nitrogens with one attached hydrogen (secondary N) is 1. The van der Waals surface area contributed by atoms with Crippen molar-refractivity contribution in [2.24, 2.45) is 11.3 Å². The van der Waals surface area contributed by atoms with E-state index in [-0.39, 0.29) is 0 Å². The molecule has 2 fully saturated rings. The highest BCUT2D eigenvalue weighted by molar-refractivity contribution is 4.87. The lowest BCUT2D eigenvalue weighted by molar-refractivity contribution is -0.00378. The van der Waals surface area contributed by atoms with Crippen molar-refractivity contribution in [2.75, 3.05) is 45.9 Å². The molecule has 0 aromatic heterocycles. The van der Waals surface area contributed by atoms with Gasteiger partial charge in [0, 0.05) is 26.3 Å². The Kier molecular flexibility index (Phi) is 6.11. The Balaban J connectivity index is 1.90. The summed E-state index contributed by atoms with van der Waals surface area (Å²) in [6.45, 7) is 12.7. The molecule has 19 heavy (non-hydrogen) atoms. The molecule has 0 spiro atoms. The maximum atomic E-state index is 5.59. The molecule has 0 aromatic rings. The molecule has 0 aliphatic carbocycles. The van der Waals surface area contributed by atoms with Crippen molar-refractivity contribution in [2.45, 2.75) is 46.0 Å². The lowest BCUT2D eigenvalue weighted by atomic mass is 9.79. The molecule has 112 valence electrons. The fourth-order valence-corrected chi connectivity index (χ4v) is 3.54. The number of rotatable bonds is 5. The van der Waals surface area contributed by atoms with Crippen LogP contribution in [0.15, 0.2) is 0 Å². The molecule has 0 radical (unpaired) electrons. The van der Waals surface area contributed by atoms with Crippen LogP contribution in [0.2, 0.25) is 0 Å². The van der Waals surface area contributed by atoms with Crippen LogP contribution in [0.1, 0.15) is 46.0 Å². The van der Waals surface area contributed by atoms with E-state index in [9.17, 15) is 0 Å². The van der Waals surface area contributed by atoms with Crippen molar-refractivity contribution in [3.05, 3.63) is 0 Å². The molecule has 2 saturated heterocycles. The van der Waals surface area contributed by atoms with Gasteiger partial charge in [-0.1, -0.05) is 13.8 Å². The van der Waals surface area contributed by atoms with E-state index in [2.05, 4.69) is 24.1 Å². The van der Waals surface area contributed by atoms with Gasteiger partial charge in [0.05, 0.1) is 0 Å². The normalized spacial score (nSPS) is 29.1. The molecule has 0 bridgehead atoms. The van der Waals surface area contributed by atoms with Gasteiger partial charge in [-0.15, -0.1) is 0 Å². The largest absolute Gasteiger partial charge is 0.381 e. The summed E-state index contributed by atoms with van der Waals surface area (Å²) in [4.78, 5) is 2.73. The fraction of sp³-hybridized carbons (Fsp3) is 1.00. The number of likely N-dealkylation sites (tertiary alicyclic amines) is 1. The molecule has 1 unspecified atom stereocenters. The molecule has 2 rings (SSSR count). The van der Waals surface area contributed by atoms with Crippen molar-refractivity contribution in [1.29, 1.82) is 0 Å². The number of ether oxygens (including phenoxy) is 1. The van der Waals surface area contributed by atoms with Crippen LogP contribution in [0.4, 0.5) is 0 Å². The molecule has 0 amide bonds. The third-order valence-corrected chi connectivity index (χ3v) is 4.97. The number of hydrogen-bond acceptors (Lipinski definition) is 3. The summed E-state index contributed by atoms with van der Waals surface area (Å²) in [5.74, 6) is 0.921. The maximum absolute atomic E-state index is 5.59. The van der Waals surface area contributed by atoms with Gasteiger partial charge in [-0.25, -0.2) is 0 Å². The van der Waals surface area contributed by atoms with Gasteiger partial charge in [-0.3, -0.25) is 0 Å². The fourth-order valence-electron chi connectivity index (χ4n) is 3.54. The van der Waals surface area contributed by atoms with Gasteiger partial charge in [0.2, 0.25) is 0 Å². The second-order valence-corrected chi connectivity index (χ2v) is 6.70. The summed E-state index contributed by atoms with van der Waals surface area (Å²) in [7, 11) is 0. The maximum Gasteiger partial charge on any atom is 0.0472 e. The molecule has 3 nitrogen and oxygen atoms in total. The minimum Gasteiger partial charge on any atom is -0.381 e. The van der Waals surface area contributed by atoms with Crippen molar-refractivity contribution < 1.29 is 4.74 Å². The summed E-state index contributed by atoms with van der Waals surface area (Å²) in [5.41, 5.74) is 0.460. The van der Waals surface area contributed by atoms with E-state index in [4.69, 9.17) is 4.74 Å². The van der Waals surface area contributed by atoms with Crippen LogP contribution in [0.25, 0.3) is 0 Å². The molecule has 0 saturated carbocycles. The van der Waals surface area contributed by atoms with Crippen LogP contribution in [-0.2, 0) is 4.74 Å². The molecule has 2 heterocycles. The Labute approximate surface area is 119 Å². The summed E-state index contributed by atoms with van der Waals surface area (Å²) >= 11 is 0. The molecular weight excluding hydrogens is 236 g/mol. The topological polar surface area (TPSA) is 24.5 Å². The molecule has 1 atom stereocenters. The van der Waals surface area contributed by atoms with E-state index >= 15 is 0 Å². The van der Waals surface area contributed by atoms with Crippen LogP contribution in [-0.4, -0.2) is 50.8 Å². The number of hydrogen-bond donors (Lipinski definition) is 1. The Hall–Kier alpha value is -0.120. The van der Waals surface area contributed by atoms with Crippen molar-refractivity contribution in [1.82, 2.24) is 10.2 Å². The molecule has 2 aliphatic rings. The molecule has 2 aliphatic heterocycles. The zero-order chi connectivity index (χ0) is 13.6. The predicted octanol–water partition coefficient (Wildman–Crippen LogP) is 2.51. The molecular formula is C16H32N2O. The van der Waals surface area contributed by atoms with Gasteiger partial charge < -0.3 is 15.0 Å². The first-order valence-corrected chi connectivity index (χ1v) is 8.25. The van der Waals surface area contributed by atoms with Crippen LogP contribution in [0, 0.1) is 11.3 Å². The average Bonchev–Trinajstić information content (AvgIpc) is 2.63. The highest BCUT2D eigenvalue weighted by Gasteiger charge is 2.34. The Bertz CT molecular complexity index is 251. The minimum absolute atomic E-state index is 0.460. The summed E-state index contributed by atoms with van der Waals surface area (Å²) < 4.78 is 5.59. The van der Waals surface area contributed by atoms with Gasteiger partial charge in [0.15, 0.2) is 0 Å². The van der Waals surface area contributed by atoms with Gasteiger partial charge in [0.1, 0.15) is 0 Å². The van der Waals surface area contributed by atoms with E-state index in [0.717, 1.165) is 25.7 Å². The van der Waals surface area contributed by atoms with Crippen LogP contribution in [0.5, 0.6) is 0 Å². The first-order chi connectivity index (χ1) is 9.24. The van der Waals surface area contributed by atoms with Gasteiger partial charge in [-0.2, -0.15) is 0 Å². The van der Waals surface area contributed by atoms with Crippen molar-refractivity contribution >= 4 is 0 Å². The molecule has 0 aromatic carbocycles. The van der Waals surface area contributed by atoms with Crippen LogP contribution < -0.4 is 5.32 Å². The van der Waals surface area contributed by atoms with Gasteiger partial charge in [0.25, 0.3) is 0 Å². The standard InChI is InChI=1S/C16H32N2O/c1-3-17-13-16(7-11-19-12-8-16)14-18-9-4-5-15(2)6-10-18/h15,17H,3-14H2,1-2H3. The zero-order valence-electron chi connectivity index (χ0n) is 12.9. The third kappa shape index (κ3) is 4.73. The Morgan fingerprint density at radius 2 is 2.00 bits per heavy atom. The third-order valence-electron chi connectivity index (χ3n) is 4.97. The molecule has 1 N–H and O–H groups in total. The highest BCUT2D eigenvalue weighted by Crippen LogP contribution is 2.32. The first kappa shape index (κ1) is 15.3. The number of nitrogens with zero attached hydrogens (tertiary/aromatic N) is 1. The Morgan fingerprint density at radius 1 is 1.21 bits per heavy atom. The second-order valence-electron chi connectivity index (χ2n) is 6.70. The SMILES string of the molecule is CCNCC1(CN2CCCC(C)CC2)CCOCC1. The second kappa shape index (κ2) is 7.61. The summed E-state index contributed by atoms with van der Waals surface area (Å²) in [6, 6.07) is 0. The monoisotopic (exact) mass is 268 g/mol. The molecule has 3 heteroatoms. The average molecular weight is 268 g/mol. The summed E-state index contributed by atoms with van der Waals surface area (Å²) in [5, 5.41) is 3.59. The van der Waals surface area contributed by atoms with E-state index in [1.807, 2.05) is 0 Å². The van der Waals surface area contributed by atoms with E-state index in [1.54, 1.807) is 0 Å².